The van der Waals surface area contributed by atoms with E-state index in [2.05, 4.69) is 0 Å². The SMILES string of the molecule is N#C/C=C\C([N+](=O)[O-])[N+](=O)[O-]. The van der Waals surface area contributed by atoms with Crippen molar-refractivity contribution >= 4 is 0 Å². The lowest BCUT2D eigenvalue weighted by Gasteiger charge is -1.92. The van der Waals surface area contributed by atoms with E-state index in [0.29, 0.717) is 12.2 Å². The zero-order chi connectivity index (χ0) is 8.85. The Kier molecular flexibility index (Phi) is 3.24. The van der Waals surface area contributed by atoms with Crippen molar-refractivity contribution in [3.05, 3.63) is 32.4 Å². The van der Waals surface area contributed by atoms with Crippen LogP contribution in [0, 0.1) is 31.6 Å². The molecule has 0 rings (SSSR count). The van der Waals surface area contributed by atoms with E-state index in [1.165, 1.54) is 6.07 Å². The van der Waals surface area contributed by atoms with Crippen LogP contribution in [0.4, 0.5) is 0 Å². The van der Waals surface area contributed by atoms with Crippen molar-refractivity contribution < 1.29 is 9.85 Å². The lowest BCUT2D eigenvalue weighted by atomic mass is 10.4. The van der Waals surface area contributed by atoms with Crippen LogP contribution < -0.4 is 0 Å². The third-order valence-corrected chi connectivity index (χ3v) is 0.775. The fraction of sp³-hybridized carbons (Fsp3) is 0.250. The summed E-state index contributed by atoms with van der Waals surface area (Å²) in [4.78, 5) is 17.5. The summed E-state index contributed by atoms with van der Waals surface area (Å²) in [7, 11) is 0. The summed E-state index contributed by atoms with van der Waals surface area (Å²) in [5, 5.41) is 27.6. The Morgan fingerprint density at radius 3 is 2.09 bits per heavy atom. The highest BCUT2D eigenvalue weighted by molar-refractivity contribution is 5.02. The average Bonchev–Trinajstić information content (AvgIpc) is 1.87. The summed E-state index contributed by atoms with van der Waals surface area (Å²) in [6.07, 6.45) is -0.703. The molecule has 0 atom stereocenters. The van der Waals surface area contributed by atoms with Crippen LogP contribution in [0.2, 0.25) is 0 Å². The van der Waals surface area contributed by atoms with Gasteiger partial charge in [0, 0.05) is 6.08 Å². The highest BCUT2D eigenvalue weighted by Crippen LogP contribution is 1.92. The molecule has 0 heterocycles. The third kappa shape index (κ3) is 2.90. The van der Waals surface area contributed by atoms with Gasteiger partial charge in [-0.3, -0.25) is 20.2 Å². The van der Waals surface area contributed by atoms with Gasteiger partial charge in [-0.15, -0.1) is 0 Å². The monoisotopic (exact) mass is 157 g/mol. The van der Waals surface area contributed by atoms with E-state index >= 15 is 0 Å². The van der Waals surface area contributed by atoms with Gasteiger partial charge in [-0.25, -0.2) is 0 Å². The van der Waals surface area contributed by atoms with Crippen molar-refractivity contribution in [1.82, 2.24) is 0 Å². The van der Waals surface area contributed by atoms with E-state index in [1.54, 1.807) is 0 Å². The van der Waals surface area contributed by atoms with Crippen molar-refractivity contribution in [3.63, 3.8) is 0 Å². The van der Waals surface area contributed by atoms with E-state index in [4.69, 9.17) is 5.26 Å². The maximum atomic E-state index is 9.85. The highest BCUT2D eigenvalue weighted by atomic mass is 16.7. The minimum atomic E-state index is -2.02. The molecule has 7 heteroatoms. The topological polar surface area (TPSA) is 110 Å². The van der Waals surface area contributed by atoms with Gasteiger partial charge in [-0.1, -0.05) is 0 Å². The second-order valence-electron chi connectivity index (χ2n) is 1.47. The van der Waals surface area contributed by atoms with Crippen LogP contribution in [0.25, 0.3) is 0 Å². The molecule has 0 aromatic carbocycles. The molecule has 0 saturated carbocycles. The maximum absolute atomic E-state index is 9.85. The first-order valence-corrected chi connectivity index (χ1v) is 2.43. The minimum absolute atomic E-state index is 0.611. The molecular formula is C4H3N3O4. The fourth-order valence-electron chi connectivity index (χ4n) is 0.347. The number of nitro groups is 2. The lowest BCUT2D eigenvalue weighted by Crippen LogP contribution is -2.25. The Bertz CT molecular complexity index is 226. The molecule has 0 fully saturated rings. The smallest absolute Gasteiger partial charge is 0.258 e. The van der Waals surface area contributed by atoms with Crippen molar-refractivity contribution in [2.75, 3.05) is 0 Å². The zero-order valence-corrected chi connectivity index (χ0v) is 5.21. The van der Waals surface area contributed by atoms with Gasteiger partial charge < -0.3 is 0 Å². The Morgan fingerprint density at radius 2 is 1.82 bits per heavy atom. The van der Waals surface area contributed by atoms with E-state index in [1.807, 2.05) is 0 Å². The fourth-order valence-corrected chi connectivity index (χ4v) is 0.347. The van der Waals surface area contributed by atoms with E-state index in [0.717, 1.165) is 0 Å². The summed E-state index contributed by atoms with van der Waals surface area (Å²) in [5.41, 5.74) is 0. The Balaban J connectivity index is 4.39. The molecule has 0 unspecified atom stereocenters. The molecule has 0 radical (unpaired) electrons. The Hall–Kier alpha value is -1.97. The van der Waals surface area contributed by atoms with Crippen molar-refractivity contribution in [2.24, 2.45) is 0 Å². The van der Waals surface area contributed by atoms with Gasteiger partial charge >= 0.3 is 6.17 Å². The standard InChI is InChI=1S/C4H3N3O4/c5-3-1-2-4(6(8)9)7(10)11/h1-2,4H/b2-1-. The van der Waals surface area contributed by atoms with Crippen LogP contribution in [-0.2, 0) is 0 Å². The van der Waals surface area contributed by atoms with Gasteiger partial charge in [0.05, 0.1) is 12.1 Å². The molecule has 0 aromatic heterocycles. The van der Waals surface area contributed by atoms with Crippen LogP contribution in [0.1, 0.15) is 0 Å². The molecule has 0 N–H and O–H groups in total. The van der Waals surface area contributed by atoms with Gasteiger partial charge in [0.2, 0.25) is 0 Å². The average molecular weight is 157 g/mol. The van der Waals surface area contributed by atoms with Crippen LogP contribution in [0.5, 0.6) is 0 Å². The predicted octanol–water partition coefficient (Wildman–Crippen LogP) is -0.0543. The summed E-state index contributed by atoms with van der Waals surface area (Å²) < 4.78 is 0. The van der Waals surface area contributed by atoms with E-state index in [9.17, 15) is 20.2 Å². The highest BCUT2D eigenvalue weighted by Gasteiger charge is 2.27. The van der Waals surface area contributed by atoms with Crippen molar-refractivity contribution in [2.45, 2.75) is 6.17 Å². The van der Waals surface area contributed by atoms with Crippen LogP contribution in [0.15, 0.2) is 12.2 Å². The van der Waals surface area contributed by atoms with Gasteiger partial charge in [-0.2, -0.15) is 5.26 Å². The predicted molar refractivity (Wildman–Crippen MR) is 32.5 cm³/mol. The zero-order valence-electron chi connectivity index (χ0n) is 5.21. The van der Waals surface area contributed by atoms with E-state index in [-0.39, 0.29) is 0 Å². The second kappa shape index (κ2) is 3.94. The molecule has 0 spiro atoms. The van der Waals surface area contributed by atoms with Crippen molar-refractivity contribution in [3.8, 4) is 6.07 Å². The molecular weight excluding hydrogens is 154 g/mol. The molecule has 11 heavy (non-hydrogen) atoms. The normalized spacial score (nSPS) is 9.82. The lowest BCUT2D eigenvalue weighted by molar-refractivity contribution is -0.727. The number of nitrogens with zero attached hydrogens (tertiary/aromatic N) is 3. The molecule has 7 nitrogen and oxygen atoms in total. The van der Waals surface area contributed by atoms with Crippen LogP contribution in [0.3, 0.4) is 0 Å². The first-order chi connectivity index (χ1) is 5.09. The summed E-state index contributed by atoms with van der Waals surface area (Å²) in [6, 6.07) is 1.42. The molecule has 58 valence electrons. The largest absolute Gasteiger partial charge is 0.470 e. The molecule has 0 aliphatic rings. The van der Waals surface area contributed by atoms with Gasteiger partial charge in [0.25, 0.3) is 0 Å². The molecule has 0 aliphatic carbocycles. The summed E-state index contributed by atoms with van der Waals surface area (Å²) in [5.74, 6) is 0. The van der Waals surface area contributed by atoms with E-state index < -0.39 is 16.0 Å². The Morgan fingerprint density at radius 1 is 1.36 bits per heavy atom. The minimum Gasteiger partial charge on any atom is -0.258 e. The molecule has 0 aliphatic heterocycles. The number of rotatable bonds is 3. The molecule has 0 amide bonds. The summed E-state index contributed by atoms with van der Waals surface area (Å²) in [6.45, 7) is 0. The molecule has 0 aromatic rings. The quantitative estimate of drug-likeness (QED) is 0.246. The van der Waals surface area contributed by atoms with Crippen molar-refractivity contribution in [1.29, 1.82) is 5.26 Å². The van der Waals surface area contributed by atoms with Crippen LogP contribution >= 0.6 is 0 Å². The Labute approximate surface area is 60.8 Å². The van der Waals surface area contributed by atoms with Gasteiger partial charge in [-0.05, 0) is 0 Å². The molecule has 0 bridgehead atoms. The number of allylic oxidation sites excluding steroid dienone is 1. The number of hydrogen-bond donors (Lipinski definition) is 0. The first-order valence-electron chi connectivity index (χ1n) is 2.43. The summed E-state index contributed by atoms with van der Waals surface area (Å²) >= 11 is 0. The third-order valence-electron chi connectivity index (χ3n) is 0.775. The second-order valence-corrected chi connectivity index (χ2v) is 1.47. The van der Waals surface area contributed by atoms with Crippen LogP contribution in [-0.4, -0.2) is 16.0 Å². The molecule has 0 saturated heterocycles. The first kappa shape index (κ1) is 9.03. The number of nitriles is 1. The maximum Gasteiger partial charge on any atom is 0.470 e. The van der Waals surface area contributed by atoms with Gasteiger partial charge in [0.15, 0.2) is 0 Å². The number of hydrogen-bond acceptors (Lipinski definition) is 5. The van der Waals surface area contributed by atoms with Gasteiger partial charge in [0.1, 0.15) is 9.85 Å².